The lowest BCUT2D eigenvalue weighted by Gasteiger charge is -1.93. The fraction of sp³-hybridized carbons (Fsp3) is 0.158. The van der Waals surface area contributed by atoms with Crippen molar-refractivity contribution in [2.45, 2.75) is 20.8 Å². The molecule has 1 nitrogen and oxygen atoms in total. The summed E-state index contributed by atoms with van der Waals surface area (Å²) in [6.07, 6.45) is 3.25. The number of hydrogen-bond donors (Lipinski definition) is 0. The standard InChI is InChI=1S/C8H10.C7H8.C4H4O/c1-7-5-3-4-6-8(7)2;1-7-5-3-2-4-6-7;1-2-4-5-3-1/h3-6H,1-2H3;2-6H,1H3;1-4H. The van der Waals surface area contributed by atoms with Crippen LogP contribution < -0.4 is 0 Å². The van der Waals surface area contributed by atoms with Crippen LogP contribution in [0.5, 0.6) is 0 Å². The van der Waals surface area contributed by atoms with Crippen LogP contribution in [0.4, 0.5) is 0 Å². The van der Waals surface area contributed by atoms with Crippen LogP contribution in [-0.4, -0.2) is 0 Å². The van der Waals surface area contributed by atoms with Crippen molar-refractivity contribution in [3.63, 3.8) is 0 Å². The van der Waals surface area contributed by atoms with Gasteiger partial charge in [0.2, 0.25) is 0 Å². The minimum absolute atomic E-state index is 1.32. The first-order valence-corrected chi connectivity index (χ1v) is 6.71. The summed E-state index contributed by atoms with van der Waals surface area (Å²) >= 11 is 0. The van der Waals surface area contributed by atoms with Crippen molar-refractivity contribution < 1.29 is 4.42 Å². The number of aryl methyl sites for hydroxylation is 3. The summed E-state index contributed by atoms with van der Waals surface area (Å²) in [5.74, 6) is 0. The Labute approximate surface area is 121 Å². The minimum atomic E-state index is 1.32. The molecule has 0 unspecified atom stereocenters. The first kappa shape index (κ1) is 15.8. The highest BCUT2D eigenvalue weighted by Crippen LogP contribution is 2.02. The molecular formula is C19H22O. The van der Waals surface area contributed by atoms with Gasteiger partial charge in [-0.15, -0.1) is 0 Å². The summed E-state index contributed by atoms with van der Waals surface area (Å²) in [4.78, 5) is 0. The van der Waals surface area contributed by atoms with E-state index < -0.39 is 0 Å². The van der Waals surface area contributed by atoms with E-state index in [0.717, 1.165) is 0 Å². The van der Waals surface area contributed by atoms with Crippen LogP contribution >= 0.6 is 0 Å². The Bertz CT molecular complexity index is 515. The van der Waals surface area contributed by atoms with Crippen LogP contribution in [0.15, 0.2) is 83.7 Å². The fourth-order valence-electron chi connectivity index (χ4n) is 1.42. The molecule has 0 saturated heterocycles. The first-order chi connectivity index (χ1) is 9.70. The van der Waals surface area contributed by atoms with E-state index in [1.165, 1.54) is 16.7 Å². The number of rotatable bonds is 0. The molecule has 1 heterocycles. The molecule has 0 atom stereocenters. The highest BCUT2D eigenvalue weighted by atomic mass is 16.3. The van der Waals surface area contributed by atoms with E-state index in [0.29, 0.717) is 0 Å². The van der Waals surface area contributed by atoms with Crippen molar-refractivity contribution in [1.82, 2.24) is 0 Å². The van der Waals surface area contributed by atoms with Gasteiger partial charge in [-0.3, -0.25) is 0 Å². The summed E-state index contributed by atoms with van der Waals surface area (Å²) in [6.45, 7) is 6.32. The molecule has 0 aliphatic rings. The van der Waals surface area contributed by atoms with Crippen LogP contribution in [0.1, 0.15) is 16.7 Å². The van der Waals surface area contributed by atoms with Crippen molar-refractivity contribution >= 4 is 0 Å². The van der Waals surface area contributed by atoms with E-state index in [9.17, 15) is 0 Å². The lowest BCUT2D eigenvalue weighted by Crippen LogP contribution is -1.74. The molecule has 1 heteroatoms. The Morgan fingerprint density at radius 3 is 1.25 bits per heavy atom. The molecule has 0 bridgehead atoms. The normalized spacial score (nSPS) is 8.75. The molecular weight excluding hydrogens is 244 g/mol. The van der Waals surface area contributed by atoms with Gasteiger partial charge in [-0.2, -0.15) is 0 Å². The predicted molar refractivity (Wildman–Crippen MR) is 85.8 cm³/mol. The van der Waals surface area contributed by atoms with Crippen molar-refractivity contribution in [1.29, 1.82) is 0 Å². The molecule has 0 saturated carbocycles. The molecule has 0 N–H and O–H groups in total. The molecule has 3 aromatic rings. The van der Waals surface area contributed by atoms with Crippen LogP contribution in [0.3, 0.4) is 0 Å². The SMILES string of the molecule is Cc1ccccc1.Cc1ccccc1C.c1ccoc1. The molecule has 0 spiro atoms. The van der Waals surface area contributed by atoms with Gasteiger partial charge in [0.25, 0.3) is 0 Å². The zero-order valence-electron chi connectivity index (χ0n) is 12.4. The van der Waals surface area contributed by atoms with Crippen LogP contribution in [0.25, 0.3) is 0 Å². The van der Waals surface area contributed by atoms with Gasteiger partial charge in [-0.25, -0.2) is 0 Å². The molecule has 0 aliphatic carbocycles. The van der Waals surface area contributed by atoms with Crippen LogP contribution in [-0.2, 0) is 0 Å². The third-order valence-electron chi connectivity index (χ3n) is 2.79. The topological polar surface area (TPSA) is 13.1 Å². The fourth-order valence-corrected chi connectivity index (χ4v) is 1.42. The molecule has 1 aromatic heterocycles. The molecule has 0 aliphatic heterocycles. The quantitative estimate of drug-likeness (QED) is 0.518. The van der Waals surface area contributed by atoms with Crippen molar-refractivity contribution in [2.24, 2.45) is 0 Å². The predicted octanol–water partition coefficient (Wildman–Crippen LogP) is 5.58. The molecule has 0 amide bonds. The zero-order valence-corrected chi connectivity index (χ0v) is 12.4. The third kappa shape index (κ3) is 7.22. The summed E-state index contributed by atoms with van der Waals surface area (Å²) in [5, 5.41) is 0. The number of furan rings is 1. The van der Waals surface area contributed by atoms with Gasteiger partial charge in [0.1, 0.15) is 0 Å². The molecule has 0 fully saturated rings. The monoisotopic (exact) mass is 266 g/mol. The van der Waals surface area contributed by atoms with E-state index in [-0.39, 0.29) is 0 Å². The second-order valence-corrected chi connectivity index (χ2v) is 4.53. The third-order valence-corrected chi connectivity index (χ3v) is 2.79. The summed E-state index contributed by atoms with van der Waals surface area (Å²) in [7, 11) is 0. The average Bonchev–Trinajstić information content (AvgIpc) is 3.03. The molecule has 2 aromatic carbocycles. The van der Waals surface area contributed by atoms with Gasteiger partial charge in [-0.1, -0.05) is 60.2 Å². The Hall–Kier alpha value is -2.28. The summed E-state index contributed by atoms with van der Waals surface area (Å²) in [6, 6.07) is 22.3. The second-order valence-electron chi connectivity index (χ2n) is 4.53. The van der Waals surface area contributed by atoms with E-state index in [1.54, 1.807) is 12.5 Å². The van der Waals surface area contributed by atoms with Gasteiger partial charge in [0.15, 0.2) is 0 Å². The lowest BCUT2D eigenvalue weighted by molar-refractivity contribution is 0.567. The van der Waals surface area contributed by atoms with Gasteiger partial charge >= 0.3 is 0 Å². The Morgan fingerprint density at radius 1 is 0.550 bits per heavy atom. The van der Waals surface area contributed by atoms with Gasteiger partial charge < -0.3 is 4.42 Å². The average molecular weight is 266 g/mol. The van der Waals surface area contributed by atoms with E-state index >= 15 is 0 Å². The molecule has 0 radical (unpaired) electrons. The van der Waals surface area contributed by atoms with E-state index in [1.807, 2.05) is 30.3 Å². The molecule has 3 rings (SSSR count). The highest BCUT2D eigenvalue weighted by molar-refractivity contribution is 5.23. The van der Waals surface area contributed by atoms with Crippen molar-refractivity contribution in [3.8, 4) is 0 Å². The number of benzene rings is 2. The van der Waals surface area contributed by atoms with Crippen LogP contribution in [0, 0.1) is 20.8 Å². The Balaban J connectivity index is 0.000000154. The Kier molecular flexibility index (Phi) is 7.59. The summed E-state index contributed by atoms with van der Waals surface area (Å²) in [5.41, 5.74) is 4.06. The van der Waals surface area contributed by atoms with Crippen molar-refractivity contribution in [3.05, 3.63) is 95.9 Å². The zero-order chi connectivity index (χ0) is 14.6. The summed E-state index contributed by atoms with van der Waals surface area (Å²) < 4.78 is 4.58. The van der Waals surface area contributed by atoms with Gasteiger partial charge in [-0.05, 0) is 44.0 Å². The van der Waals surface area contributed by atoms with E-state index in [4.69, 9.17) is 0 Å². The van der Waals surface area contributed by atoms with Crippen LogP contribution in [0.2, 0.25) is 0 Å². The highest BCUT2D eigenvalue weighted by Gasteiger charge is 1.83. The van der Waals surface area contributed by atoms with Crippen molar-refractivity contribution in [2.75, 3.05) is 0 Å². The number of hydrogen-bond acceptors (Lipinski definition) is 1. The van der Waals surface area contributed by atoms with Gasteiger partial charge in [0.05, 0.1) is 12.5 Å². The Morgan fingerprint density at radius 2 is 1.00 bits per heavy atom. The minimum Gasteiger partial charge on any atom is -0.473 e. The second kappa shape index (κ2) is 9.62. The smallest absolute Gasteiger partial charge is 0.0902 e. The van der Waals surface area contributed by atoms with Gasteiger partial charge in [0, 0.05) is 0 Å². The lowest BCUT2D eigenvalue weighted by atomic mass is 10.1. The maximum Gasteiger partial charge on any atom is 0.0902 e. The maximum atomic E-state index is 4.58. The molecule has 104 valence electrons. The first-order valence-electron chi connectivity index (χ1n) is 6.71. The van der Waals surface area contributed by atoms with E-state index in [2.05, 4.69) is 61.6 Å². The molecule has 20 heavy (non-hydrogen) atoms. The maximum absolute atomic E-state index is 4.58. The largest absolute Gasteiger partial charge is 0.473 e.